The Hall–Kier alpha value is -0.660. The van der Waals surface area contributed by atoms with Crippen LogP contribution >= 0.6 is 0 Å². The highest BCUT2D eigenvalue weighted by atomic mass is 32.2. The lowest BCUT2D eigenvalue weighted by Crippen LogP contribution is -2.64. The molecular weight excluding hydrogens is 220 g/mol. The molecule has 1 rings (SSSR count). The third-order valence-electron chi connectivity index (χ3n) is 2.54. The summed E-state index contributed by atoms with van der Waals surface area (Å²) in [6, 6.07) is -0.251. The van der Waals surface area contributed by atoms with Crippen molar-refractivity contribution in [1.29, 1.82) is 0 Å². The van der Waals surface area contributed by atoms with Gasteiger partial charge in [0.1, 0.15) is 5.54 Å². The highest BCUT2D eigenvalue weighted by Crippen LogP contribution is 2.31. The van der Waals surface area contributed by atoms with Gasteiger partial charge in [0, 0.05) is 6.04 Å². The molecule has 1 fully saturated rings. The molecule has 0 amide bonds. The molecule has 0 spiro atoms. The quantitative estimate of drug-likeness (QED) is 0.607. The molecule has 7 heteroatoms. The minimum atomic E-state index is -3.22. The van der Waals surface area contributed by atoms with Crippen molar-refractivity contribution >= 4 is 16.0 Å². The number of nitrogens with two attached hydrogens (primary N) is 1. The van der Waals surface area contributed by atoms with E-state index in [2.05, 4.69) is 9.46 Å². The first-order valence-corrected chi connectivity index (χ1v) is 6.35. The summed E-state index contributed by atoms with van der Waals surface area (Å²) in [5, 5.41) is 0. The Morgan fingerprint density at radius 2 is 2.13 bits per heavy atom. The van der Waals surface area contributed by atoms with Crippen molar-refractivity contribution in [3.05, 3.63) is 0 Å². The molecule has 0 aromatic rings. The smallest absolute Gasteiger partial charge is 0.325 e. The van der Waals surface area contributed by atoms with Crippen LogP contribution in [0.25, 0.3) is 0 Å². The van der Waals surface area contributed by atoms with Crippen molar-refractivity contribution < 1.29 is 17.9 Å². The van der Waals surface area contributed by atoms with Crippen molar-refractivity contribution in [2.75, 3.05) is 12.9 Å². The fourth-order valence-corrected chi connectivity index (χ4v) is 2.45. The molecule has 0 saturated heterocycles. The number of methoxy groups -OCH3 is 1. The van der Waals surface area contributed by atoms with E-state index in [0.717, 1.165) is 0 Å². The summed E-state index contributed by atoms with van der Waals surface area (Å²) in [6.45, 7) is 1.55. The van der Waals surface area contributed by atoms with Gasteiger partial charge in [-0.25, -0.2) is 13.1 Å². The molecule has 6 nitrogen and oxygen atoms in total. The van der Waals surface area contributed by atoms with Gasteiger partial charge in [0.2, 0.25) is 10.0 Å². The normalized spacial score (nSPS) is 30.7. The molecule has 88 valence electrons. The van der Waals surface area contributed by atoms with Crippen LogP contribution in [0.1, 0.15) is 19.8 Å². The molecular formula is C8H16N2O4S. The van der Waals surface area contributed by atoms with Gasteiger partial charge in [-0.3, -0.25) is 4.79 Å². The highest BCUT2D eigenvalue weighted by Gasteiger charge is 2.49. The van der Waals surface area contributed by atoms with Gasteiger partial charge in [-0.15, -0.1) is 0 Å². The Kier molecular flexibility index (Phi) is 3.37. The summed E-state index contributed by atoms with van der Waals surface area (Å²) < 4.78 is 29.4. The van der Waals surface area contributed by atoms with Gasteiger partial charge in [-0.05, 0) is 19.8 Å². The number of rotatable bonds is 4. The molecule has 0 atom stereocenters. The molecule has 0 heterocycles. The van der Waals surface area contributed by atoms with E-state index in [9.17, 15) is 13.2 Å². The predicted octanol–water partition coefficient (Wildman–Crippen LogP) is -1.04. The minimum absolute atomic E-state index is 0.0271. The molecule has 0 bridgehead atoms. The monoisotopic (exact) mass is 236 g/mol. The Morgan fingerprint density at radius 1 is 1.60 bits per heavy atom. The molecule has 15 heavy (non-hydrogen) atoms. The topological polar surface area (TPSA) is 98.5 Å². The number of esters is 1. The third kappa shape index (κ3) is 2.67. The van der Waals surface area contributed by atoms with E-state index in [4.69, 9.17) is 5.73 Å². The van der Waals surface area contributed by atoms with Crippen LogP contribution in [0, 0.1) is 0 Å². The molecule has 1 aliphatic rings. The zero-order valence-electron chi connectivity index (χ0n) is 8.82. The van der Waals surface area contributed by atoms with Gasteiger partial charge in [-0.2, -0.15) is 0 Å². The lowest BCUT2D eigenvalue weighted by molar-refractivity contribution is -0.151. The van der Waals surface area contributed by atoms with Gasteiger partial charge in [-0.1, -0.05) is 0 Å². The number of carbonyl (C=O) groups is 1. The van der Waals surface area contributed by atoms with E-state index in [0.29, 0.717) is 12.8 Å². The number of nitrogens with one attached hydrogen (secondary N) is 1. The van der Waals surface area contributed by atoms with Crippen molar-refractivity contribution in [2.45, 2.75) is 31.3 Å². The second-order valence-electron chi connectivity index (χ2n) is 3.77. The fourth-order valence-electron chi connectivity index (χ4n) is 1.61. The Morgan fingerprint density at radius 3 is 2.53 bits per heavy atom. The van der Waals surface area contributed by atoms with Crippen LogP contribution in [0.4, 0.5) is 0 Å². The highest BCUT2D eigenvalue weighted by molar-refractivity contribution is 7.89. The number of hydrogen-bond acceptors (Lipinski definition) is 5. The zero-order chi connectivity index (χ0) is 11.7. The first kappa shape index (κ1) is 12.4. The Balaban J connectivity index is 2.48. The molecule has 0 unspecified atom stereocenters. The van der Waals surface area contributed by atoms with Gasteiger partial charge in [0.15, 0.2) is 0 Å². The zero-order valence-corrected chi connectivity index (χ0v) is 9.63. The maximum atomic E-state index is 11.2. The first-order valence-electron chi connectivity index (χ1n) is 4.70. The fraction of sp³-hybridized carbons (Fsp3) is 0.875. The van der Waals surface area contributed by atoms with Gasteiger partial charge < -0.3 is 10.5 Å². The van der Waals surface area contributed by atoms with E-state index in [1.165, 1.54) is 7.11 Å². The second kappa shape index (κ2) is 4.07. The summed E-state index contributed by atoms with van der Waals surface area (Å²) in [4.78, 5) is 11.2. The van der Waals surface area contributed by atoms with Crippen LogP contribution in [0.3, 0.4) is 0 Å². The Bertz CT molecular complexity index is 346. The van der Waals surface area contributed by atoms with Crippen molar-refractivity contribution in [2.24, 2.45) is 5.73 Å². The van der Waals surface area contributed by atoms with E-state index >= 15 is 0 Å². The molecule has 0 aromatic carbocycles. The number of carbonyl (C=O) groups excluding carboxylic acids is 1. The summed E-state index contributed by atoms with van der Waals surface area (Å²) >= 11 is 0. The van der Waals surface area contributed by atoms with Crippen LogP contribution in [0.15, 0.2) is 0 Å². The van der Waals surface area contributed by atoms with Crippen molar-refractivity contribution in [1.82, 2.24) is 4.72 Å². The predicted molar refractivity (Wildman–Crippen MR) is 54.6 cm³/mol. The molecule has 0 aromatic heterocycles. The van der Waals surface area contributed by atoms with Crippen LogP contribution in [0.2, 0.25) is 0 Å². The van der Waals surface area contributed by atoms with Gasteiger partial charge in [0.25, 0.3) is 0 Å². The van der Waals surface area contributed by atoms with E-state index in [-0.39, 0.29) is 11.8 Å². The number of ether oxygens (including phenoxy) is 1. The van der Waals surface area contributed by atoms with E-state index in [1.54, 1.807) is 6.92 Å². The second-order valence-corrected chi connectivity index (χ2v) is 5.82. The first-order chi connectivity index (χ1) is 6.83. The van der Waals surface area contributed by atoms with Crippen LogP contribution in [0.5, 0.6) is 0 Å². The molecule has 1 saturated carbocycles. The maximum Gasteiger partial charge on any atom is 0.325 e. The van der Waals surface area contributed by atoms with Crippen LogP contribution in [-0.2, 0) is 19.6 Å². The average Bonchev–Trinajstić information content (AvgIpc) is 2.13. The molecule has 0 radical (unpaired) electrons. The number of hydrogen-bond donors (Lipinski definition) is 2. The lowest BCUT2D eigenvalue weighted by atomic mass is 9.74. The molecule has 1 aliphatic carbocycles. The van der Waals surface area contributed by atoms with Crippen LogP contribution < -0.4 is 10.5 Å². The molecule has 0 aliphatic heterocycles. The summed E-state index contributed by atoms with van der Waals surface area (Å²) in [5.41, 5.74) is 4.68. The van der Waals surface area contributed by atoms with Gasteiger partial charge >= 0.3 is 5.97 Å². The lowest BCUT2D eigenvalue weighted by Gasteiger charge is -2.42. The van der Waals surface area contributed by atoms with Crippen molar-refractivity contribution in [3.8, 4) is 0 Å². The Labute approximate surface area is 89.2 Å². The summed E-state index contributed by atoms with van der Waals surface area (Å²) in [7, 11) is -1.96. The SMILES string of the molecule is CCS(=O)(=O)NC1CC(N)(C(=O)OC)C1. The summed E-state index contributed by atoms with van der Waals surface area (Å²) in [6.07, 6.45) is 0.581. The minimum Gasteiger partial charge on any atom is -0.468 e. The average molecular weight is 236 g/mol. The van der Waals surface area contributed by atoms with E-state index in [1.807, 2.05) is 0 Å². The largest absolute Gasteiger partial charge is 0.468 e. The summed E-state index contributed by atoms with van der Waals surface area (Å²) in [5.74, 6) is -0.464. The number of sulfonamides is 1. The third-order valence-corrected chi connectivity index (χ3v) is 3.99. The standard InChI is InChI=1S/C8H16N2O4S/c1-3-15(12,13)10-6-4-8(9,5-6)7(11)14-2/h6,10H,3-5,9H2,1-2H3. The van der Waals surface area contributed by atoms with Gasteiger partial charge in [0.05, 0.1) is 12.9 Å². The van der Waals surface area contributed by atoms with Crippen molar-refractivity contribution in [3.63, 3.8) is 0 Å². The molecule has 3 N–H and O–H groups in total. The maximum absolute atomic E-state index is 11.2. The van der Waals surface area contributed by atoms with E-state index < -0.39 is 21.5 Å². The van der Waals surface area contributed by atoms with Crippen LogP contribution in [-0.4, -0.2) is 38.8 Å².